The lowest BCUT2D eigenvalue weighted by atomic mass is 9.95. The number of hydrogen-bond donors (Lipinski definition) is 1. The zero-order valence-electron chi connectivity index (χ0n) is 16.8. The van der Waals surface area contributed by atoms with Crippen molar-refractivity contribution >= 4 is 17.4 Å². The molecule has 2 aromatic heterocycles. The van der Waals surface area contributed by atoms with E-state index >= 15 is 0 Å². The number of aliphatic hydroxyl groups is 1. The lowest BCUT2D eigenvalue weighted by molar-refractivity contribution is -0.140. The lowest BCUT2D eigenvalue weighted by Gasteiger charge is -2.26. The topological polar surface area (TPSA) is 91.6 Å². The van der Waals surface area contributed by atoms with Crippen LogP contribution in [0, 0.1) is 13.8 Å². The summed E-state index contributed by atoms with van der Waals surface area (Å²) in [5.74, 6) is -1.49. The van der Waals surface area contributed by atoms with Crippen molar-refractivity contribution < 1.29 is 14.7 Å². The maximum absolute atomic E-state index is 12.9. The average Bonchev–Trinajstić information content (AvgIpc) is 3.06. The minimum atomic E-state index is -0.687. The normalized spacial score (nSPS) is 19.1. The van der Waals surface area contributed by atoms with Crippen LogP contribution in [0.1, 0.15) is 28.6 Å². The number of Topliss-reactive ketones (excluding diaryl/α,β-unsaturated/α-hetero) is 1. The molecule has 1 amide bonds. The minimum Gasteiger partial charge on any atom is -0.507 e. The molecule has 1 aliphatic heterocycles. The predicted molar refractivity (Wildman–Crippen MR) is 104 cm³/mol. The summed E-state index contributed by atoms with van der Waals surface area (Å²) in [4.78, 5) is 33.3. The highest BCUT2D eigenvalue weighted by atomic mass is 16.3. The van der Waals surface area contributed by atoms with Gasteiger partial charge in [-0.15, -0.1) is 0 Å². The standard InChI is InChI=1S/C20H25N5O3/c1-12-15(13(2)24(5)22-12)18(26)16-17(14-7-6-8-21-11-14)25(10-9-23(3)4)20(28)19(16)27/h6-8,11,17,26H,9-10H2,1-5H3/t17-/m1/s1. The van der Waals surface area contributed by atoms with E-state index in [9.17, 15) is 14.7 Å². The van der Waals surface area contributed by atoms with Gasteiger partial charge in [-0.05, 0) is 39.6 Å². The summed E-state index contributed by atoms with van der Waals surface area (Å²) >= 11 is 0. The number of amides is 1. The summed E-state index contributed by atoms with van der Waals surface area (Å²) in [5, 5.41) is 15.4. The van der Waals surface area contributed by atoms with E-state index in [2.05, 4.69) is 10.1 Å². The number of carbonyl (C=O) groups is 2. The molecule has 0 radical (unpaired) electrons. The first-order valence-corrected chi connectivity index (χ1v) is 9.07. The second-order valence-corrected chi connectivity index (χ2v) is 7.25. The van der Waals surface area contributed by atoms with Gasteiger partial charge in [0.1, 0.15) is 5.76 Å². The molecule has 3 rings (SSSR count). The molecular formula is C20H25N5O3. The van der Waals surface area contributed by atoms with Crippen molar-refractivity contribution in [3.8, 4) is 0 Å². The SMILES string of the molecule is Cc1nn(C)c(C)c1C(O)=C1C(=O)C(=O)N(CCN(C)C)[C@@H]1c1cccnc1. The van der Waals surface area contributed by atoms with Crippen molar-refractivity contribution in [1.29, 1.82) is 0 Å². The molecule has 0 saturated carbocycles. The van der Waals surface area contributed by atoms with Gasteiger partial charge in [-0.2, -0.15) is 5.10 Å². The first-order valence-electron chi connectivity index (χ1n) is 9.07. The molecule has 148 valence electrons. The first-order chi connectivity index (χ1) is 13.2. The van der Waals surface area contributed by atoms with E-state index in [-0.39, 0.29) is 11.3 Å². The van der Waals surface area contributed by atoms with Crippen LogP contribution < -0.4 is 0 Å². The van der Waals surface area contributed by atoms with Gasteiger partial charge in [0.05, 0.1) is 22.9 Å². The second kappa shape index (κ2) is 7.55. The van der Waals surface area contributed by atoms with Crippen LogP contribution in [0.25, 0.3) is 5.76 Å². The molecule has 8 nitrogen and oxygen atoms in total. The largest absolute Gasteiger partial charge is 0.507 e. The molecule has 8 heteroatoms. The van der Waals surface area contributed by atoms with Crippen LogP contribution in [0.5, 0.6) is 0 Å². The Morgan fingerprint density at radius 2 is 2.00 bits per heavy atom. The van der Waals surface area contributed by atoms with Crippen molar-refractivity contribution in [3.63, 3.8) is 0 Å². The maximum Gasteiger partial charge on any atom is 0.295 e. The number of rotatable bonds is 5. The molecule has 1 N–H and O–H groups in total. The molecule has 1 aliphatic rings. The van der Waals surface area contributed by atoms with Gasteiger partial charge in [-0.25, -0.2) is 0 Å². The van der Waals surface area contributed by atoms with E-state index in [1.165, 1.54) is 4.90 Å². The zero-order chi connectivity index (χ0) is 20.6. The van der Waals surface area contributed by atoms with E-state index in [4.69, 9.17) is 0 Å². The Morgan fingerprint density at radius 1 is 1.29 bits per heavy atom. The number of likely N-dealkylation sites (tertiary alicyclic amines) is 1. The van der Waals surface area contributed by atoms with Crippen molar-refractivity contribution in [1.82, 2.24) is 24.6 Å². The number of likely N-dealkylation sites (N-methyl/N-ethyl adjacent to an activating group) is 1. The van der Waals surface area contributed by atoms with Crippen molar-refractivity contribution in [2.75, 3.05) is 27.2 Å². The number of aryl methyl sites for hydroxylation is 2. The maximum atomic E-state index is 12.9. The molecule has 1 saturated heterocycles. The zero-order valence-corrected chi connectivity index (χ0v) is 16.8. The number of nitrogens with zero attached hydrogens (tertiary/aromatic N) is 5. The van der Waals surface area contributed by atoms with Gasteiger partial charge in [-0.1, -0.05) is 6.07 Å². The summed E-state index contributed by atoms with van der Waals surface area (Å²) in [6.45, 7) is 4.53. The lowest BCUT2D eigenvalue weighted by Crippen LogP contribution is -2.35. The molecule has 0 unspecified atom stereocenters. The number of aromatic nitrogens is 3. The molecule has 0 spiro atoms. The van der Waals surface area contributed by atoms with Crippen LogP contribution in [0.15, 0.2) is 30.1 Å². The highest BCUT2D eigenvalue weighted by Crippen LogP contribution is 2.39. The Labute approximate surface area is 164 Å². The van der Waals surface area contributed by atoms with Gasteiger partial charge in [0, 0.05) is 38.2 Å². The molecule has 3 heterocycles. The summed E-state index contributed by atoms with van der Waals surface area (Å²) < 4.78 is 1.64. The van der Waals surface area contributed by atoms with E-state index in [1.54, 1.807) is 37.1 Å². The van der Waals surface area contributed by atoms with Gasteiger partial charge in [0.2, 0.25) is 0 Å². The highest BCUT2D eigenvalue weighted by Gasteiger charge is 2.46. The third-order valence-electron chi connectivity index (χ3n) is 5.07. The number of aliphatic hydroxyl groups excluding tert-OH is 1. The quantitative estimate of drug-likeness (QED) is 0.477. The fourth-order valence-corrected chi connectivity index (χ4v) is 3.55. The highest BCUT2D eigenvalue weighted by molar-refractivity contribution is 6.46. The van der Waals surface area contributed by atoms with Crippen LogP contribution in [0.2, 0.25) is 0 Å². The summed E-state index contributed by atoms with van der Waals surface area (Å²) in [5.41, 5.74) is 2.57. The van der Waals surface area contributed by atoms with Gasteiger partial charge in [0.25, 0.3) is 11.7 Å². The third kappa shape index (κ3) is 3.31. The Balaban J connectivity index is 2.19. The fourth-order valence-electron chi connectivity index (χ4n) is 3.55. The summed E-state index contributed by atoms with van der Waals surface area (Å²) in [6, 6.07) is 2.87. The van der Waals surface area contributed by atoms with Gasteiger partial charge in [-0.3, -0.25) is 19.3 Å². The Kier molecular flexibility index (Phi) is 5.33. The Morgan fingerprint density at radius 3 is 2.54 bits per heavy atom. The molecule has 1 atom stereocenters. The van der Waals surface area contributed by atoms with Gasteiger partial charge in [0.15, 0.2) is 0 Å². The molecule has 28 heavy (non-hydrogen) atoms. The molecular weight excluding hydrogens is 358 g/mol. The van der Waals surface area contributed by atoms with E-state index in [0.717, 1.165) is 5.69 Å². The molecule has 0 aliphatic carbocycles. The Bertz CT molecular complexity index is 946. The molecule has 0 bridgehead atoms. The van der Waals surface area contributed by atoms with Gasteiger partial charge < -0.3 is 14.9 Å². The number of carbonyl (C=O) groups excluding carboxylic acids is 2. The first kappa shape index (κ1) is 19.8. The number of pyridine rings is 1. The molecule has 2 aromatic rings. The minimum absolute atomic E-state index is 0.0796. The number of ketones is 1. The van der Waals surface area contributed by atoms with E-state index in [0.29, 0.717) is 29.9 Å². The second-order valence-electron chi connectivity index (χ2n) is 7.25. The summed E-state index contributed by atoms with van der Waals surface area (Å²) in [7, 11) is 5.57. The van der Waals surface area contributed by atoms with Crippen LogP contribution in [-0.4, -0.2) is 68.5 Å². The smallest absolute Gasteiger partial charge is 0.295 e. The molecule has 1 fully saturated rings. The van der Waals surface area contributed by atoms with Crippen molar-refractivity contribution in [2.24, 2.45) is 7.05 Å². The van der Waals surface area contributed by atoms with E-state index in [1.807, 2.05) is 32.0 Å². The molecule has 0 aromatic carbocycles. The van der Waals surface area contributed by atoms with Crippen molar-refractivity contribution in [3.05, 3.63) is 52.6 Å². The fraction of sp³-hybridized carbons (Fsp3) is 0.400. The average molecular weight is 383 g/mol. The van der Waals surface area contributed by atoms with Gasteiger partial charge >= 0.3 is 0 Å². The predicted octanol–water partition coefficient (Wildman–Crippen LogP) is 1.42. The van der Waals surface area contributed by atoms with Crippen LogP contribution in [0.4, 0.5) is 0 Å². The summed E-state index contributed by atoms with van der Waals surface area (Å²) in [6.07, 6.45) is 3.25. The Hall–Kier alpha value is -3.00. The van der Waals surface area contributed by atoms with Crippen LogP contribution in [0.3, 0.4) is 0 Å². The number of hydrogen-bond acceptors (Lipinski definition) is 6. The monoisotopic (exact) mass is 383 g/mol. The van der Waals surface area contributed by atoms with Crippen molar-refractivity contribution in [2.45, 2.75) is 19.9 Å². The van der Waals surface area contributed by atoms with Crippen LogP contribution >= 0.6 is 0 Å². The third-order valence-corrected chi connectivity index (χ3v) is 5.07. The van der Waals surface area contributed by atoms with Crippen LogP contribution in [-0.2, 0) is 16.6 Å². The van der Waals surface area contributed by atoms with E-state index < -0.39 is 17.7 Å².